The summed E-state index contributed by atoms with van der Waals surface area (Å²) in [5, 5.41) is 0. The topological polar surface area (TPSA) is 0 Å². The molecule has 0 unspecified atom stereocenters. The fourth-order valence-electron chi connectivity index (χ4n) is 0.352. The molecule has 0 atom stereocenters. The summed E-state index contributed by atoms with van der Waals surface area (Å²) in [6, 6.07) is 0. The first-order valence-corrected chi connectivity index (χ1v) is 3.97. The number of halogens is 8. The van der Waals surface area contributed by atoms with Crippen molar-refractivity contribution in [2.45, 2.75) is 37.0 Å². The third-order valence-corrected chi connectivity index (χ3v) is 0.511. The number of rotatable bonds is 1. The molecular weight excluding hydrogens is 257 g/mol. The van der Waals surface area contributed by atoms with Crippen LogP contribution in [0.3, 0.4) is 0 Å². The van der Waals surface area contributed by atoms with E-state index in [2.05, 4.69) is 23.2 Å². The maximum Gasteiger partial charge on any atom is 0.394 e. The molecule has 0 aliphatic heterocycles. The number of alkyl halides is 8. The monoisotopic (exact) mass is 264 g/mol. The lowest BCUT2D eigenvalue weighted by Gasteiger charge is -2.11. The number of hydrogen-bond acceptors (Lipinski definition) is 0. The molecule has 0 aliphatic rings. The maximum absolute atomic E-state index is 11.5. The van der Waals surface area contributed by atoms with E-state index in [0.29, 0.717) is 0 Å². The highest BCUT2D eigenvalue weighted by Gasteiger charge is 2.39. The molecule has 0 aliphatic carbocycles. The smallest absolute Gasteiger partial charge is 0.208 e. The zero-order chi connectivity index (χ0) is 12.2. The second kappa shape index (κ2) is 5.30. The van der Waals surface area contributed by atoms with Crippen LogP contribution in [-0.2, 0) is 0 Å². The van der Waals surface area contributed by atoms with Crippen LogP contribution >= 0.6 is 23.2 Å². The van der Waals surface area contributed by atoms with Crippen LogP contribution < -0.4 is 0 Å². The van der Waals surface area contributed by atoms with Crippen molar-refractivity contribution in [2.75, 3.05) is 0 Å². The Hall–Kier alpha value is 0.160. The molecule has 0 spiro atoms. The van der Waals surface area contributed by atoms with Crippen molar-refractivity contribution >= 4 is 23.2 Å². The van der Waals surface area contributed by atoms with Crippen LogP contribution in [0.4, 0.5) is 26.3 Å². The largest absolute Gasteiger partial charge is 0.394 e. The quantitative estimate of drug-likeness (QED) is 0.476. The Labute approximate surface area is 87.2 Å². The minimum Gasteiger partial charge on any atom is -0.208 e. The molecule has 0 fully saturated rings. The van der Waals surface area contributed by atoms with E-state index in [4.69, 9.17) is 0 Å². The zero-order valence-electron chi connectivity index (χ0n) is 7.23. The van der Waals surface area contributed by atoms with E-state index in [0.717, 1.165) is 6.92 Å². The van der Waals surface area contributed by atoms with Gasteiger partial charge >= 0.3 is 6.18 Å². The van der Waals surface area contributed by atoms with Crippen LogP contribution in [0.25, 0.3) is 0 Å². The van der Waals surface area contributed by atoms with Gasteiger partial charge < -0.3 is 0 Å². The number of hydrogen-bond donors (Lipinski definition) is 0. The van der Waals surface area contributed by atoms with Crippen LogP contribution in [0.5, 0.6) is 0 Å². The van der Waals surface area contributed by atoms with Crippen LogP contribution in [0.2, 0.25) is 0 Å². The van der Waals surface area contributed by atoms with Crippen molar-refractivity contribution in [3.05, 3.63) is 0 Å². The van der Waals surface area contributed by atoms with Gasteiger partial charge in [0.15, 0.2) is 0 Å². The molecule has 0 rings (SSSR count). The highest BCUT2D eigenvalue weighted by atomic mass is 35.5. The molecule has 8 heteroatoms. The van der Waals surface area contributed by atoms with Crippen molar-refractivity contribution in [3.63, 3.8) is 0 Å². The molecule has 0 radical (unpaired) electrons. The first-order chi connectivity index (χ1) is 5.71. The lowest BCUT2D eigenvalue weighted by Crippen LogP contribution is -2.21. The SMILES string of the molecule is CC(F)(Cl)Cl.CC(F)(F)CC(F)(F)F. The minimum absolute atomic E-state index is 0.237. The summed E-state index contributed by atoms with van der Waals surface area (Å²) < 4.78 is 65.4. The molecular formula is C6H8Cl2F6. The summed E-state index contributed by atoms with van der Waals surface area (Å²) in [5.41, 5.74) is 0. The van der Waals surface area contributed by atoms with Crippen molar-refractivity contribution in [3.8, 4) is 0 Å². The van der Waals surface area contributed by atoms with E-state index in [9.17, 15) is 26.3 Å². The maximum atomic E-state index is 11.5. The van der Waals surface area contributed by atoms with Gasteiger partial charge in [-0.1, -0.05) is 23.2 Å². The molecule has 0 aromatic rings. The highest BCUT2D eigenvalue weighted by molar-refractivity contribution is 6.46. The predicted octanol–water partition coefficient (Wildman–Crippen LogP) is 4.70. The highest BCUT2D eigenvalue weighted by Crippen LogP contribution is 2.30. The first kappa shape index (κ1) is 16.6. The van der Waals surface area contributed by atoms with Crippen molar-refractivity contribution in [1.29, 1.82) is 0 Å². The van der Waals surface area contributed by atoms with Gasteiger partial charge in [-0.3, -0.25) is 0 Å². The molecule has 0 saturated heterocycles. The van der Waals surface area contributed by atoms with E-state index in [1.54, 1.807) is 0 Å². The van der Waals surface area contributed by atoms with Gasteiger partial charge in [-0.05, 0) is 13.8 Å². The Balaban J connectivity index is 0. The zero-order valence-corrected chi connectivity index (χ0v) is 8.74. The lowest BCUT2D eigenvalue weighted by molar-refractivity contribution is -0.182. The molecule has 0 saturated carbocycles. The molecule has 0 nitrogen and oxygen atoms in total. The van der Waals surface area contributed by atoms with Crippen molar-refractivity contribution < 1.29 is 26.3 Å². The van der Waals surface area contributed by atoms with Gasteiger partial charge in [0.05, 0.1) is 0 Å². The van der Waals surface area contributed by atoms with E-state index in [1.165, 1.54) is 0 Å². The molecule has 0 bridgehead atoms. The van der Waals surface area contributed by atoms with E-state index < -0.39 is 23.1 Å². The van der Waals surface area contributed by atoms with Gasteiger partial charge in [-0.25, -0.2) is 13.2 Å². The standard InChI is InChI=1S/C4H5F5.C2H3Cl2F/c1-3(5,6)2-4(7,8)9;1-2(3,4)5/h2H2,1H3;1H3. The Bertz CT molecular complexity index is 135. The van der Waals surface area contributed by atoms with Crippen LogP contribution in [0.15, 0.2) is 0 Å². The third-order valence-electron chi connectivity index (χ3n) is 0.511. The molecule has 0 heterocycles. The molecule has 0 N–H and O–H groups in total. The molecule has 0 aromatic carbocycles. The van der Waals surface area contributed by atoms with Crippen molar-refractivity contribution in [2.24, 2.45) is 0 Å². The Morgan fingerprint density at radius 3 is 1.07 bits per heavy atom. The third kappa shape index (κ3) is 39.9. The van der Waals surface area contributed by atoms with Gasteiger partial charge in [0, 0.05) is 0 Å². The minimum atomic E-state index is -4.77. The molecule has 14 heavy (non-hydrogen) atoms. The summed E-state index contributed by atoms with van der Waals surface area (Å²) >= 11 is 9.26. The normalized spacial score (nSPS) is 13.3. The van der Waals surface area contributed by atoms with Gasteiger partial charge in [-0.2, -0.15) is 13.2 Å². The molecule has 88 valence electrons. The summed E-state index contributed by atoms with van der Waals surface area (Å²) in [4.78, 5) is 0. The predicted molar refractivity (Wildman–Crippen MR) is 42.5 cm³/mol. The average Bonchev–Trinajstić information content (AvgIpc) is 1.42. The second-order valence-electron chi connectivity index (χ2n) is 2.64. The second-order valence-corrected chi connectivity index (χ2v) is 4.26. The summed E-state index contributed by atoms with van der Waals surface area (Å²) in [6.07, 6.45) is -6.81. The van der Waals surface area contributed by atoms with Crippen LogP contribution in [0.1, 0.15) is 20.3 Å². The Morgan fingerprint density at radius 2 is 1.07 bits per heavy atom. The molecule has 0 aromatic heterocycles. The fourth-order valence-corrected chi connectivity index (χ4v) is 0.352. The summed E-state index contributed by atoms with van der Waals surface area (Å²) in [6.45, 7) is 1.29. The first-order valence-electron chi connectivity index (χ1n) is 3.22. The lowest BCUT2D eigenvalue weighted by atomic mass is 10.3. The Morgan fingerprint density at radius 1 is 0.857 bits per heavy atom. The van der Waals surface area contributed by atoms with Gasteiger partial charge in [0.2, 0.25) is 0 Å². The molecule has 0 amide bonds. The fraction of sp³-hybridized carbons (Fsp3) is 1.00. The van der Waals surface area contributed by atoms with E-state index in [1.807, 2.05) is 0 Å². The van der Waals surface area contributed by atoms with Crippen LogP contribution in [-0.4, -0.2) is 16.7 Å². The van der Waals surface area contributed by atoms with Gasteiger partial charge in [0.25, 0.3) is 10.5 Å². The van der Waals surface area contributed by atoms with Crippen molar-refractivity contribution in [1.82, 2.24) is 0 Å². The Kier molecular flexibility index (Phi) is 6.28. The van der Waals surface area contributed by atoms with E-state index in [-0.39, 0.29) is 6.92 Å². The van der Waals surface area contributed by atoms with E-state index >= 15 is 0 Å². The summed E-state index contributed by atoms with van der Waals surface area (Å²) in [7, 11) is 0. The summed E-state index contributed by atoms with van der Waals surface area (Å²) in [5.74, 6) is -3.64. The van der Waals surface area contributed by atoms with Gasteiger partial charge in [0.1, 0.15) is 6.42 Å². The van der Waals surface area contributed by atoms with Crippen LogP contribution in [0, 0.1) is 0 Å². The average molecular weight is 265 g/mol. The van der Waals surface area contributed by atoms with Gasteiger partial charge in [-0.15, -0.1) is 0 Å².